The summed E-state index contributed by atoms with van der Waals surface area (Å²) >= 11 is 0. The van der Waals surface area contributed by atoms with Crippen molar-refractivity contribution < 1.29 is 18.7 Å². The number of cyclic esters (lactones) is 1. The van der Waals surface area contributed by atoms with Crippen LogP contribution in [0.15, 0.2) is 84.5 Å². The zero-order chi connectivity index (χ0) is 28.3. The Labute approximate surface area is 236 Å². The highest BCUT2D eigenvalue weighted by atomic mass is 19.1. The molecule has 0 saturated carbocycles. The van der Waals surface area contributed by atoms with Gasteiger partial charge in [-0.25, -0.2) is 4.39 Å². The smallest absolute Gasteiger partial charge is 0.306 e. The van der Waals surface area contributed by atoms with Gasteiger partial charge in [-0.05, 0) is 73.1 Å². The summed E-state index contributed by atoms with van der Waals surface area (Å²) in [6, 6.07) is 19.3. The SMILES string of the molecule is CC(C)c1cc(-c2ccccc2)c(-c2ccc(F)cc2)n1CC[C@@H]1CCCC(=O)O1.O=CNCC1=CC=CCC1. The summed E-state index contributed by atoms with van der Waals surface area (Å²) < 4.78 is 21.5. The average molecular weight is 543 g/mol. The lowest BCUT2D eigenvalue weighted by atomic mass is 10.0. The number of carbonyl (C=O) groups is 2. The molecule has 3 aromatic rings. The van der Waals surface area contributed by atoms with E-state index in [9.17, 15) is 14.0 Å². The Bertz CT molecular complexity index is 1320. The molecule has 5 rings (SSSR count). The van der Waals surface area contributed by atoms with Gasteiger partial charge < -0.3 is 14.6 Å². The minimum Gasteiger partial charge on any atom is -0.462 e. The Morgan fingerprint density at radius 3 is 2.50 bits per heavy atom. The number of hydrogen-bond acceptors (Lipinski definition) is 3. The molecular formula is C34H39FN2O3. The van der Waals surface area contributed by atoms with Gasteiger partial charge in [-0.2, -0.15) is 0 Å². The number of esters is 1. The Balaban J connectivity index is 0.000000312. The fourth-order valence-corrected chi connectivity index (χ4v) is 5.27. The zero-order valence-electron chi connectivity index (χ0n) is 23.4. The van der Waals surface area contributed by atoms with E-state index >= 15 is 0 Å². The van der Waals surface area contributed by atoms with Crippen LogP contribution in [0, 0.1) is 5.82 Å². The Hall–Kier alpha value is -3.93. The molecule has 1 atom stereocenters. The molecule has 2 aromatic carbocycles. The second-order valence-electron chi connectivity index (χ2n) is 10.6. The molecule has 1 saturated heterocycles. The number of nitrogens with zero attached hydrogens (tertiary/aromatic N) is 1. The highest BCUT2D eigenvalue weighted by molar-refractivity contribution is 5.83. The first-order valence-electron chi connectivity index (χ1n) is 14.2. The molecule has 0 unspecified atom stereocenters. The van der Waals surface area contributed by atoms with E-state index in [4.69, 9.17) is 4.74 Å². The van der Waals surface area contributed by atoms with Gasteiger partial charge in [0.05, 0.1) is 5.69 Å². The molecule has 1 aliphatic heterocycles. The third kappa shape index (κ3) is 7.81. The van der Waals surface area contributed by atoms with Crippen molar-refractivity contribution in [1.82, 2.24) is 9.88 Å². The molecule has 0 spiro atoms. The molecule has 5 nitrogen and oxygen atoms in total. The predicted octanol–water partition coefficient (Wildman–Crippen LogP) is 7.58. The summed E-state index contributed by atoms with van der Waals surface area (Å²) in [5.74, 6) is -0.00143. The number of allylic oxidation sites excluding steroid dienone is 3. The van der Waals surface area contributed by atoms with E-state index in [2.05, 4.69) is 54.1 Å². The van der Waals surface area contributed by atoms with Crippen molar-refractivity contribution in [3.63, 3.8) is 0 Å². The Morgan fingerprint density at radius 2 is 1.85 bits per heavy atom. The molecule has 1 aromatic heterocycles. The third-order valence-electron chi connectivity index (χ3n) is 7.32. The fourth-order valence-electron chi connectivity index (χ4n) is 5.27. The summed E-state index contributed by atoms with van der Waals surface area (Å²) in [5.41, 5.74) is 6.90. The maximum atomic E-state index is 13.6. The number of nitrogens with one attached hydrogen (secondary N) is 1. The highest BCUT2D eigenvalue weighted by Crippen LogP contribution is 2.38. The van der Waals surface area contributed by atoms with Crippen LogP contribution < -0.4 is 5.32 Å². The quantitative estimate of drug-likeness (QED) is 0.224. The van der Waals surface area contributed by atoms with Crippen LogP contribution in [0.5, 0.6) is 0 Å². The van der Waals surface area contributed by atoms with E-state index in [0.717, 1.165) is 67.4 Å². The number of aromatic nitrogens is 1. The monoisotopic (exact) mass is 542 g/mol. The largest absolute Gasteiger partial charge is 0.462 e. The van der Waals surface area contributed by atoms with Crippen molar-refractivity contribution in [2.45, 2.75) is 70.9 Å². The lowest BCUT2D eigenvalue weighted by Crippen LogP contribution is -2.25. The highest BCUT2D eigenvalue weighted by Gasteiger charge is 2.24. The number of hydrogen-bond donors (Lipinski definition) is 1. The van der Waals surface area contributed by atoms with Crippen molar-refractivity contribution in [2.24, 2.45) is 0 Å². The van der Waals surface area contributed by atoms with Gasteiger partial charge in [0.1, 0.15) is 11.9 Å². The van der Waals surface area contributed by atoms with Gasteiger partial charge in [0, 0.05) is 37.2 Å². The van der Waals surface area contributed by atoms with Crippen molar-refractivity contribution in [3.05, 3.63) is 96.0 Å². The molecule has 0 radical (unpaired) electrons. The van der Waals surface area contributed by atoms with E-state index in [-0.39, 0.29) is 17.9 Å². The molecule has 2 heterocycles. The summed E-state index contributed by atoms with van der Waals surface area (Å²) in [4.78, 5) is 21.6. The molecule has 210 valence electrons. The van der Waals surface area contributed by atoms with Crippen molar-refractivity contribution in [3.8, 4) is 22.4 Å². The van der Waals surface area contributed by atoms with Crippen LogP contribution in [-0.4, -0.2) is 29.6 Å². The van der Waals surface area contributed by atoms with Gasteiger partial charge in [-0.3, -0.25) is 9.59 Å². The third-order valence-corrected chi connectivity index (χ3v) is 7.32. The lowest BCUT2D eigenvalue weighted by molar-refractivity contribution is -0.154. The number of halogens is 1. The summed E-state index contributed by atoms with van der Waals surface area (Å²) in [5, 5.41) is 2.64. The maximum absolute atomic E-state index is 13.6. The van der Waals surface area contributed by atoms with Crippen molar-refractivity contribution in [2.75, 3.05) is 6.54 Å². The first kappa shape index (κ1) is 29.1. The van der Waals surface area contributed by atoms with Gasteiger partial charge in [-0.1, -0.05) is 68.0 Å². The molecular weight excluding hydrogens is 503 g/mol. The average Bonchev–Trinajstić information content (AvgIpc) is 3.37. The van der Waals surface area contributed by atoms with Crippen LogP contribution in [0.1, 0.15) is 64.0 Å². The summed E-state index contributed by atoms with van der Waals surface area (Å²) in [6.07, 6.45) is 12.2. The molecule has 40 heavy (non-hydrogen) atoms. The van der Waals surface area contributed by atoms with E-state index < -0.39 is 0 Å². The van der Waals surface area contributed by atoms with E-state index in [1.54, 1.807) is 0 Å². The molecule has 6 heteroatoms. The summed E-state index contributed by atoms with van der Waals surface area (Å²) in [7, 11) is 0. The first-order chi connectivity index (χ1) is 19.5. The van der Waals surface area contributed by atoms with Crippen LogP contribution >= 0.6 is 0 Å². The minimum absolute atomic E-state index is 0.0325. The number of ether oxygens (including phenoxy) is 1. The molecule has 1 N–H and O–H groups in total. The van der Waals surface area contributed by atoms with Crippen LogP contribution in [0.25, 0.3) is 22.4 Å². The number of amides is 1. The summed E-state index contributed by atoms with van der Waals surface area (Å²) in [6.45, 7) is 5.84. The zero-order valence-corrected chi connectivity index (χ0v) is 23.4. The molecule has 1 aliphatic carbocycles. The normalized spacial score (nSPS) is 16.6. The topological polar surface area (TPSA) is 60.3 Å². The van der Waals surface area contributed by atoms with Gasteiger partial charge in [0.25, 0.3) is 0 Å². The van der Waals surface area contributed by atoms with Crippen LogP contribution in [0.2, 0.25) is 0 Å². The van der Waals surface area contributed by atoms with E-state index in [1.807, 2.05) is 36.4 Å². The standard InChI is InChI=1S/C26H28FNO2.C8H11NO/c1-18(2)24-17-23(19-7-4-3-5-8-19)26(20-11-13-21(27)14-12-20)28(24)16-15-22-9-6-10-25(29)30-22;10-7-9-6-8-4-2-1-3-5-8/h3-5,7-8,11-14,17-18,22H,6,9-10,15-16H2,1-2H3;1-2,4,7H,3,5-6H2,(H,9,10)/t22-;/m0./s1. The van der Waals surface area contributed by atoms with Crippen LogP contribution in [-0.2, 0) is 20.9 Å². The van der Waals surface area contributed by atoms with Crippen LogP contribution in [0.3, 0.4) is 0 Å². The second-order valence-corrected chi connectivity index (χ2v) is 10.6. The van der Waals surface area contributed by atoms with Crippen molar-refractivity contribution in [1.29, 1.82) is 0 Å². The minimum atomic E-state index is -0.240. The second kappa shape index (κ2) is 14.5. The number of carbonyl (C=O) groups excluding carboxylic acids is 2. The fraction of sp³-hybridized carbons (Fsp3) is 0.353. The van der Waals surface area contributed by atoms with E-state index in [1.165, 1.54) is 23.4 Å². The Kier molecular flexibility index (Phi) is 10.5. The van der Waals surface area contributed by atoms with Gasteiger partial charge >= 0.3 is 5.97 Å². The first-order valence-corrected chi connectivity index (χ1v) is 14.2. The predicted molar refractivity (Wildman–Crippen MR) is 158 cm³/mol. The lowest BCUT2D eigenvalue weighted by Gasteiger charge is -2.24. The molecule has 2 aliphatic rings. The van der Waals surface area contributed by atoms with Crippen molar-refractivity contribution >= 4 is 12.4 Å². The number of rotatable bonds is 9. The maximum Gasteiger partial charge on any atom is 0.306 e. The Morgan fingerprint density at radius 1 is 1.07 bits per heavy atom. The van der Waals surface area contributed by atoms with Gasteiger partial charge in [0.2, 0.25) is 6.41 Å². The molecule has 1 fully saturated rings. The number of benzene rings is 2. The van der Waals surface area contributed by atoms with E-state index in [0.29, 0.717) is 18.9 Å². The van der Waals surface area contributed by atoms with Gasteiger partial charge in [-0.15, -0.1) is 0 Å². The molecule has 0 bridgehead atoms. The van der Waals surface area contributed by atoms with Gasteiger partial charge in [0.15, 0.2) is 0 Å². The van der Waals surface area contributed by atoms with Crippen LogP contribution in [0.4, 0.5) is 4.39 Å². The molecule has 1 amide bonds.